The van der Waals surface area contributed by atoms with Crippen LogP contribution in [0.4, 0.5) is 0 Å². The van der Waals surface area contributed by atoms with Crippen LogP contribution in [0, 0.1) is 0 Å². The van der Waals surface area contributed by atoms with Crippen molar-refractivity contribution in [2.75, 3.05) is 13.2 Å². The molecular weight excluding hydrogens is 168 g/mol. The van der Waals surface area contributed by atoms with E-state index in [-0.39, 0.29) is 6.10 Å². The zero-order chi connectivity index (χ0) is 9.68. The highest BCUT2D eigenvalue weighted by molar-refractivity contribution is 4.93. The van der Waals surface area contributed by atoms with E-state index in [0.717, 1.165) is 12.2 Å². The Morgan fingerprint density at radius 3 is 3.00 bits per heavy atom. The third-order valence-corrected chi connectivity index (χ3v) is 1.71. The summed E-state index contributed by atoms with van der Waals surface area (Å²) in [5.74, 6) is 1.52. The summed E-state index contributed by atoms with van der Waals surface area (Å²) in [6.45, 7) is 5.13. The molecule has 13 heavy (non-hydrogen) atoms. The van der Waals surface area contributed by atoms with Gasteiger partial charge in [0.15, 0.2) is 5.82 Å². The van der Waals surface area contributed by atoms with Crippen molar-refractivity contribution in [3.05, 3.63) is 11.6 Å². The highest BCUT2D eigenvalue weighted by Gasteiger charge is 2.10. The minimum Gasteiger partial charge on any atom is -0.371 e. The topological polar surface area (TPSA) is 76.8 Å². The highest BCUT2D eigenvalue weighted by atomic mass is 16.5. The second kappa shape index (κ2) is 4.94. The Bertz CT molecular complexity index is 248. The number of ether oxygens (including phenoxy) is 1. The van der Waals surface area contributed by atoms with Crippen molar-refractivity contribution in [2.24, 2.45) is 5.73 Å². The minimum absolute atomic E-state index is 0.0484. The molecule has 1 atom stereocenters. The first-order valence-corrected chi connectivity index (χ1v) is 4.50. The van der Waals surface area contributed by atoms with Crippen molar-refractivity contribution in [3.63, 3.8) is 0 Å². The fraction of sp³-hybridized carbons (Fsp3) is 0.750. The van der Waals surface area contributed by atoms with Crippen molar-refractivity contribution in [1.82, 2.24) is 15.2 Å². The molecule has 0 fully saturated rings. The Kier molecular flexibility index (Phi) is 3.85. The van der Waals surface area contributed by atoms with Gasteiger partial charge in [0, 0.05) is 13.0 Å². The molecule has 3 N–H and O–H groups in total. The summed E-state index contributed by atoms with van der Waals surface area (Å²) in [5.41, 5.74) is 5.39. The minimum atomic E-state index is -0.0484. The van der Waals surface area contributed by atoms with Crippen molar-refractivity contribution < 1.29 is 4.74 Å². The number of H-pyrrole nitrogens is 1. The third kappa shape index (κ3) is 2.78. The summed E-state index contributed by atoms with van der Waals surface area (Å²) in [4.78, 5) is 4.25. The SMILES string of the molecule is CCOC(C)c1n[nH]c(CCN)n1. The number of hydrogen-bond acceptors (Lipinski definition) is 4. The van der Waals surface area contributed by atoms with E-state index in [0.29, 0.717) is 19.0 Å². The molecule has 5 nitrogen and oxygen atoms in total. The summed E-state index contributed by atoms with van der Waals surface area (Å²) < 4.78 is 5.34. The number of aromatic nitrogens is 3. The monoisotopic (exact) mass is 184 g/mol. The van der Waals surface area contributed by atoms with Crippen LogP contribution < -0.4 is 5.73 Å². The maximum atomic E-state index is 5.39. The van der Waals surface area contributed by atoms with Gasteiger partial charge in [0.25, 0.3) is 0 Å². The zero-order valence-corrected chi connectivity index (χ0v) is 8.08. The summed E-state index contributed by atoms with van der Waals surface area (Å²) in [6.07, 6.45) is 0.680. The lowest BCUT2D eigenvalue weighted by molar-refractivity contribution is 0.0703. The molecular formula is C8H16N4O. The molecule has 0 saturated heterocycles. The Hall–Kier alpha value is -0.940. The standard InChI is InChI=1S/C8H16N4O/c1-3-13-6(2)8-10-7(4-5-9)11-12-8/h6H,3-5,9H2,1-2H3,(H,10,11,12). The second-order valence-corrected chi connectivity index (χ2v) is 2.78. The Balaban J connectivity index is 2.56. The molecule has 5 heteroatoms. The molecule has 0 radical (unpaired) electrons. The summed E-state index contributed by atoms with van der Waals surface area (Å²) in [5, 5.41) is 6.86. The van der Waals surface area contributed by atoms with E-state index in [1.54, 1.807) is 0 Å². The first kappa shape index (κ1) is 10.1. The van der Waals surface area contributed by atoms with Crippen LogP contribution in [0.25, 0.3) is 0 Å². The number of aromatic amines is 1. The van der Waals surface area contributed by atoms with E-state index in [1.807, 2.05) is 13.8 Å². The van der Waals surface area contributed by atoms with Crippen LogP contribution in [-0.4, -0.2) is 28.3 Å². The zero-order valence-electron chi connectivity index (χ0n) is 8.08. The fourth-order valence-corrected chi connectivity index (χ4v) is 1.06. The first-order chi connectivity index (χ1) is 6.27. The number of nitrogens with one attached hydrogen (secondary N) is 1. The average Bonchev–Trinajstić information content (AvgIpc) is 2.54. The predicted molar refractivity (Wildman–Crippen MR) is 49.2 cm³/mol. The maximum Gasteiger partial charge on any atom is 0.179 e. The van der Waals surface area contributed by atoms with Crippen molar-refractivity contribution in [3.8, 4) is 0 Å². The molecule has 0 aliphatic rings. The molecule has 0 aromatic carbocycles. The smallest absolute Gasteiger partial charge is 0.179 e. The Labute approximate surface area is 77.7 Å². The molecule has 0 aliphatic carbocycles. The first-order valence-electron chi connectivity index (χ1n) is 4.50. The van der Waals surface area contributed by atoms with E-state index in [4.69, 9.17) is 10.5 Å². The number of hydrogen-bond donors (Lipinski definition) is 2. The van der Waals surface area contributed by atoms with Gasteiger partial charge >= 0.3 is 0 Å². The Morgan fingerprint density at radius 2 is 2.38 bits per heavy atom. The predicted octanol–water partition coefficient (Wildman–Crippen LogP) is 0.403. The number of nitrogens with zero attached hydrogens (tertiary/aromatic N) is 2. The van der Waals surface area contributed by atoms with Crippen LogP contribution in [0.2, 0.25) is 0 Å². The number of nitrogens with two attached hydrogens (primary N) is 1. The van der Waals surface area contributed by atoms with Crippen LogP contribution in [0.5, 0.6) is 0 Å². The fourth-order valence-electron chi connectivity index (χ4n) is 1.06. The summed E-state index contributed by atoms with van der Waals surface area (Å²) >= 11 is 0. The van der Waals surface area contributed by atoms with E-state index < -0.39 is 0 Å². The second-order valence-electron chi connectivity index (χ2n) is 2.78. The average molecular weight is 184 g/mol. The van der Waals surface area contributed by atoms with Gasteiger partial charge in [0.2, 0.25) is 0 Å². The van der Waals surface area contributed by atoms with Crippen LogP contribution >= 0.6 is 0 Å². The lowest BCUT2D eigenvalue weighted by Gasteiger charge is -2.05. The molecule has 1 heterocycles. The lowest BCUT2D eigenvalue weighted by Crippen LogP contribution is -2.05. The van der Waals surface area contributed by atoms with Gasteiger partial charge in [-0.3, -0.25) is 5.10 Å². The number of rotatable bonds is 5. The van der Waals surface area contributed by atoms with E-state index in [1.165, 1.54) is 0 Å². The molecule has 1 aromatic heterocycles. The molecule has 0 spiro atoms. The van der Waals surface area contributed by atoms with Crippen LogP contribution in [-0.2, 0) is 11.2 Å². The van der Waals surface area contributed by atoms with Crippen molar-refractivity contribution >= 4 is 0 Å². The van der Waals surface area contributed by atoms with Gasteiger partial charge < -0.3 is 10.5 Å². The normalized spacial score (nSPS) is 13.2. The van der Waals surface area contributed by atoms with Crippen LogP contribution in [0.15, 0.2) is 0 Å². The molecule has 1 unspecified atom stereocenters. The Morgan fingerprint density at radius 1 is 1.62 bits per heavy atom. The molecule has 1 aromatic rings. The van der Waals surface area contributed by atoms with Gasteiger partial charge in [0.05, 0.1) is 0 Å². The van der Waals surface area contributed by atoms with Crippen LogP contribution in [0.1, 0.15) is 31.6 Å². The summed E-state index contributed by atoms with van der Waals surface area (Å²) in [6, 6.07) is 0. The highest BCUT2D eigenvalue weighted by Crippen LogP contribution is 2.10. The molecule has 0 aliphatic heterocycles. The molecule has 74 valence electrons. The van der Waals surface area contributed by atoms with E-state index >= 15 is 0 Å². The summed E-state index contributed by atoms with van der Waals surface area (Å²) in [7, 11) is 0. The molecule has 0 saturated carbocycles. The van der Waals surface area contributed by atoms with Crippen molar-refractivity contribution in [1.29, 1.82) is 0 Å². The van der Waals surface area contributed by atoms with Gasteiger partial charge in [-0.1, -0.05) is 0 Å². The van der Waals surface area contributed by atoms with E-state index in [2.05, 4.69) is 15.2 Å². The van der Waals surface area contributed by atoms with Gasteiger partial charge in [-0.15, -0.1) is 0 Å². The molecule has 0 bridgehead atoms. The van der Waals surface area contributed by atoms with Crippen molar-refractivity contribution in [2.45, 2.75) is 26.4 Å². The molecule has 1 rings (SSSR count). The maximum absolute atomic E-state index is 5.39. The quantitative estimate of drug-likeness (QED) is 0.694. The van der Waals surface area contributed by atoms with Gasteiger partial charge in [-0.25, -0.2) is 4.98 Å². The largest absolute Gasteiger partial charge is 0.371 e. The lowest BCUT2D eigenvalue weighted by atomic mass is 10.4. The molecule has 0 amide bonds. The van der Waals surface area contributed by atoms with Gasteiger partial charge in [0.1, 0.15) is 11.9 Å². The van der Waals surface area contributed by atoms with E-state index in [9.17, 15) is 0 Å². The van der Waals surface area contributed by atoms with Gasteiger partial charge in [-0.05, 0) is 20.4 Å². The third-order valence-electron chi connectivity index (χ3n) is 1.71. The van der Waals surface area contributed by atoms with Crippen LogP contribution in [0.3, 0.4) is 0 Å². The van der Waals surface area contributed by atoms with Gasteiger partial charge in [-0.2, -0.15) is 5.10 Å².